The van der Waals surface area contributed by atoms with Gasteiger partial charge in [-0.25, -0.2) is 4.98 Å². The van der Waals surface area contributed by atoms with Crippen LogP contribution in [0, 0.1) is 29.6 Å². The Labute approximate surface area is 114 Å². The van der Waals surface area contributed by atoms with Gasteiger partial charge in [0.2, 0.25) is 5.91 Å². The fourth-order valence-electron chi connectivity index (χ4n) is 4.37. The van der Waals surface area contributed by atoms with Gasteiger partial charge in [0.05, 0.1) is 5.69 Å². The maximum absolute atomic E-state index is 12.3. The quantitative estimate of drug-likeness (QED) is 0.853. The number of nitrogens with zero attached hydrogens (tertiary/aromatic N) is 1. The van der Waals surface area contributed by atoms with Crippen LogP contribution in [0.4, 0.5) is 5.69 Å². The van der Waals surface area contributed by atoms with Crippen LogP contribution in [0.1, 0.15) is 19.3 Å². The maximum Gasteiger partial charge on any atom is 0.228 e. The summed E-state index contributed by atoms with van der Waals surface area (Å²) in [5.74, 6) is 3.55. The van der Waals surface area contributed by atoms with Crippen LogP contribution < -0.4 is 5.32 Å². The number of carbonyl (C=O) groups excluding carboxylic acids is 1. The Morgan fingerprint density at radius 1 is 1.33 bits per heavy atom. The number of halogens is 1. The molecular formula is C14H15BrN2O. The molecule has 1 heterocycles. The van der Waals surface area contributed by atoms with E-state index in [1.54, 1.807) is 6.20 Å². The fraction of sp³-hybridized carbons (Fsp3) is 0.571. The molecule has 1 N–H and O–H groups in total. The fourth-order valence-corrected chi connectivity index (χ4v) is 4.72. The molecule has 3 aliphatic carbocycles. The highest BCUT2D eigenvalue weighted by atomic mass is 79.9. The number of fused-ring (bicyclic) bond motifs is 5. The number of hydrogen-bond acceptors (Lipinski definition) is 2. The van der Waals surface area contributed by atoms with E-state index in [1.165, 1.54) is 19.3 Å². The lowest BCUT2D eigenvalue weighted by Gasteiger charge is -2.10. The summed E-state index contributed by atoms with van der Waals surface area (Å²) in [5.41, 5.74) is 0.792. The average Bonchev–Trinajstić information content (AvgIpc) is 2.82. The first kappa shape index (κ1) is 11.0. The molecule has 4 rings (SSSR count). The SMILES string of the molecule is O=C(Nc1cccnc1Br)C1C2C3CCC(C3)C12. The lowest BCUT2D eigenvalue weighted by atomic mass is 10.0. The van der Waals surface area contributed by atoms with Crippen molar-refractivity contribution in [3.05, 3.63) is 22.9 Å². The van der Waals surface area contributed by atoms with Crippen molar-refractivity contribution in [1.82, 2.24) is 4.98 Å². The van der Waals surface area contributed by atoms with E-state index in [0.29, 0.717) is 16.4 Å². The first-order valence-corrected chi connectivity index (χ1v) is 7.46. The minimum absolute atomic E-state index is 0.204. The van der Waals surface area contributed by atoms with Gasteiger partial charge < -0.3 is 5.32 Å². The summed E-state index contributed by atoms with van der Waals surface area (Å²) >= 11 is 3.37. The number of hydrogen-bond donors (Lipinski definition) is 1. The van der Waals surface area contributed by atoms with Gasteiger partial charge in [-0.15, -0.1) is 0 Å². The van der Waals surface area contributed by atoms with Crippen LogP contribution in [0.2, 0.25) is 0 Å². The van der Waals surface area contributed by atoms with Crippen molar-refractivity contribution < 1.29 is 4.79 Å². The lowest BCUT2D eigenvalue weighted by Crippen LogP contribution is -2.18. The summed E-state index contributed by atoms with van der Waals surface area (Å²) in [4.78, 5) is 16.4. The Bertz CT molecular complexity index is 502. The molecule has 0 aliphatic heterocycles. The topological polar surface area (TPSA) is 42.0 Å². The first-order chi connectivity index (χ1) is 8.75. The molecule has 1 amide bonds. The lowest BCUT2D eigenvalue weighted by molar-refractivity contribution is -0.118. The Hall–Kier alpha value is -0.900. The second kappa shape index (κ2) is 3.80. The third kappa shape index (κ3) is 1.48. The van der Waals surface area contributed by atoms with Gasteiger partial charge in [-0.3, -0.25) is 4.79 Å². The molecule has 3 fully saturated rings. The number of carbonyl (C=O) groups is 1. The summed E-state index contributed by atoms with van der Waals surface area (Å²) in [6.45, 7) is 0. The van der Waals surface area contributed by atoms with E-state index in [2.05, 4.69) is 26.2 Å². The van der Waals surface area contributed by atoms with Crippen LogP contribution >= 0.6 is 15.9 Å². The van der Waals surface area contributed by atoms with Crippen LogP contribution in [-0.4, -0.2) is 10.9 Å². The van der Waals surface area contributed by atoms with E-state index >= 15 is 0 Å². The molecule has 1 aromatic rings. The molecule has 0 spiro atoms. The Morgan fingerprint density at radius 3 is 2.72 bits per heavy atom. The van der Waals surface area contributed by atoms with Crippen molar-refractivity contribution in [3.8, 4) is 0 Å². The Morgan fingerprint density at radius 2 is 2.06 bits per heavy atom. The van der Waals surface area contributed by atoms with Crippen LogP contribution in [0.3, 0.4) is 0 Å². The molecule has 2 bridgehead atoms. The van der Waals surface area contributed by atoms with Crippen molar-refractivity contribution in [2.75, 3.05) is 5.32 Å². The monoisotopic (exact) mass is 306 g/mol. The number of nitrogens with one attached hydrogen (secondary N) is 1. The van der Waals surface area contributed by atoms with Crippen LogP contribution in [-0.2, 0) is 4.79 Å². The zero-order chi connectivity index (χ0) is 12.3. The van der Waals surface area contributed by atoms with E-state index in [4.69, 9.17) is 0 Å². The van der Waals surface area contributed by atoms with Crippen molar-refractivity contribution in [2.24, 2.45) is 29.6 Å². The predicted molar refractivity (Wildman–Crippen MR) is 71.9 cm³/mol. The van der Waals surface area contributed by atoms with Gasteiger partial charge in [-0.05, 0) is 71.0 Å². The molecule has 4 atom stereocenters. The van der Waals surface area contributed by atoms with E-state index in [-0.39, 0.29) is 11.8 Å². The smallest absolute Gasteiger partial charge is 0.228 e. The molecule has 4 unspecified atom stereocenters. The molecule has 0 radical (unpaired) electrons. The zero-order valence-corrected chi connectivity index (χ0v) is 11.6. The van der Waals surface area contributed by atoms with Crippen molar-refractivity contribution in [3.63, 3.8) is 0 Å². The summed E-state index contributed by atoms with van der Waals surface area (Å²) in [5, 5.41) is 3.02. The van der Waals surface area contributed by atoms with Gasteiger partial charge in [-0.1, -0.05) is 0 Å². The van der Waals surface area contributed by atoms with Gasteiger partial charge in [0.1, 0.15) is 4.60 Å². The van der Waals surface area contributed by atoms with Crippen molar-refractivity contribution in [2.45, 2.75) is 19.3 Å². The summed E-state index contributed by atoms with van der Waals surface area (Å²) in [6.07, 6.45) is 5.81. The highest BCUT2D eigenvalue weighted by molar-refractivity contribution is 9.10. The Kier molecular flexibility index (Phi) is 2.31. The van der Waals surface area contributed by atoms with E-state index in [9.17, 15) is 4.79 Å². The molecule has 3 nitrogen and oxygen atoms in total. The molecule has 94 valence electrons. The van der Waals surface area contributed by atoms with E-state index < -0.39 is 0 Å². The number of pyridine rings is 1. The first-order valence-electron chi connectivity index (χ1n) is 6.67. The number of rotatable bonds is 2. The Balaban J connectivity index is 1.48. The normalized spacial score (nSPS) is 39.5. The second-order valence-corrected chi connectivity index (χ2v) is 6.60. The largest absolute Gasteiger partial charge is 0.324 e. The summed E-state index contributed by atoms with van der Waals surface area (Å²) in [6, 6.07) is 3.74. The summed E-state index contributed by atoms with van der Waals surface area (Å²) in [7, 11) is 0. The maximum atomic E-state index is 12.3. The number of aromatic nitrogens is 1. The van der Waals surface area contributed by atoms with Gasteiger partial charge in [-0.2, -0.15) is 0 Å². The second-order valence-electron chi connectivity index (χ2n) is 5.84. The number of amides is 1. The van der Waals surface area contributed by atoms with Gasteiger partial charge in [0.15, 0.2) is 0 Å². The number of anilines is 1. The minimum atomic E-state index is 0.204. The van der Waals surface area contributed by atoms with Crippen LogP contribution in [0.5, 0.6) is 0 Å². The average molecular weight is 307 g/mol. The van der Waals surface area contributed by atoms with E-state index in [0.717, 1.165) is 17.5 Å². The molecular weight excluding hydrogens is 292 g/mol. The van der Waals surface area contributed by atoms with Crippen molar-refractivity contribution in [1.29, 1.82) is 0 Å². The molecule has 1 aromatic heterocycles. The van der Waals surface area contributed by atoms with Crippen molar-refractivity contribution >= 4 is 27.5 Å². The highest BCUT2D eigenvalue weighted by Crippen LogP contribution is 2.69. The standard InChI is InChI=1S/C14H15BrN2O/c15-13-9(2-1-5-16-13)17-14(18)12-10-7-3-4-8(6-7)11(10)12/h1-2,5,7-8,10-12H,3-4,6H2,(H,17,18). The molecule has 4 heteroatoms. The van der Waals surface area contributed by atoms with Gasteiger partial charge in [0, 0.05) is 12.1 Å². The van der Waals surface area contributed by atoms with Crippen LogP contribution in [0.15, 0.2) is 22.9 Å². The van der Waals surface area contributed by atoms with Gasteiger partial charge in [0.25, 0.3) is 0 Å². The third-order valence-corrected chi connectivity index (χ3v) is 5.69. The third-order valence-electron chi connectivity index (χ3n) is 5.06. The highest BCUT2D eigenvalue weighted by Gasteiger charge is 2.67. The van der Waals surface area contributed by atoms with Crippen LogP contribution in [0.25, 0.3) is 0 Å². The zero-order valence-electron chi connectivity index (χ0n) is 9.97. The molecule has 3 saturated carbocycles. The molecule has 0 aromatic carbocycles. The van der Waals surface area contributed by atoms with E-state index in [1.807, 2.05) is 12.1 Å². The minimum Gasteiger partial charge on any atom is -0.324 e. The summed E-state index contributed by atoms with van der Waals surface area (Å²) < 4.78 is 0.715. The van der Waals surface area contributed by atoms with Gasteiger partial charge >= 0.3 is 0 Å². The molecule has 0 saturated heterocycles. The molecule has 18 heavy (non-hydrogen) atoms. The predicted octanol–water partition coefficient (Wildman–Crippen LogP) is 3.07. The molecule has 3 aliphatic rings.